The van der Waals surface area contributed by atoms with Crippen LogP contribution in [0, 0.1) is 0 Å². The van der Waals surface area contributed by atoms with Crippen LogP contribution in [0.1, 0.15) is 6.42 Å². The first-order valence-electron chi connectivity index (χ1n) is 6.34. The fourth-order valence-electron chi connectivity index (χ4n) is 1.53. The van der Waals surface area contributed by atoms with E-state index in [1.807, 2.05) is 31.1 Å². The van der Waals surface area contributed by atoms with E-state index in [-0.39, 0.29) is 13.0 Å². The third-order valence-corrected chi connectivity index (χ3v) is 4.40. The fraction of sp³-hybridized carbons (Fsp3) is 0.462. The number of carbonyl (C=O) groups excluding carboxylic acids is 1. The molecule has 0 aliphatic heterocycles. The molecular formula is C13H21N3O4S. The molecule has 1 rings (SSSR count). The standard InChI is InChI=1S/C13H21N3O4S/c1-15(2)12-7-5-11(6-8-12)14-21(18,19)16(3)10-9-13(17)20-4/h5-8,14H,9-10H2,1-4H3. The third-order valence-electron chi connectivity index (χ3n) is 2.90. The molecule has 1 aromatic rings. The van der Waals surface area contributed by atoms with E-state index in [0.29, 0.717) is 5.69 Å². The molecular weight excluding hydrogens is 294 g/mol. The predicted molar refractivity (Wildman–Crippen MR) is 82.6 cm³/mol. The summed E-state index contributed by atoms with van der Waals surface area (Å²) in [6.07, 6.45) is 0.00742. The summed E-state index contributed by atoms with van der Waals surface area (Å²) in [6, 6.07) is 6.99. The molecule has 0 radical (unpaired) electrons. The van der Waals surface area contributed by atoms with Crippen molar-refractivity contribution in [2.45, 2.75) is 6.42 Å². The van der Waals surface area contributed by atoms with Gasteiger partial charge in [0.05, 0.1) is 13.5 Å². The maximum atomic E-state index is 12.1. The van der Waals surface area contributed by atoms with Crippen molar-refractivity contribution in [3.8, 4) is 0 Å². The lowest BCUT2D eigenvalue weighted by atomic mass is 10.3. The molecule has 8 heteroatoms. The number of methoxy groups -OCH3 is 1. The van der Waals surface area contributed by atoms with Crippen LogP contribution in [-0.4, -0.2) is 53.5 Å². The Morgan fingerprint density at radius 1 is 1.19 bits per heavy atom. The van der Waals surface area contributed by atoms with E-state index in [1.54, 1.807) is 12.1 Å². The van der Waals surface area contributed by atoms with Gasteiger partial charge in [0.2, 0.25) is 0 Å². The van der Waals surface area contributed by atoms with Gasteiger partial charge in [0.1, 0.15) is 0 Å². The Bertz CT molecular complexity index is 570. The zero-order valence-electron chi connectivity index (χ0n) is 12.7. The van der Waals surface area contributed by atoms with E-state index in [0.717, 1.165) is 9.99 Å². The van der Waals surface area contributed by atoms with Crippen molar-refractivity contribution in [1.29, 1.82) is 0 Å². The second kappa shape index (κ2) is 7.28. The molecule has 0 bridgehead atoms. The van der Waals surface area contributed by atoms with Crippen molar-refractivity contribution in [2.24, 2.45) is 0 Å². The summed E-state index contributed by atoms with van der Waals surface area (Å²) in [4.78, 5) is 13.0. The molecule has 0 aliphatic carbocycles. The van der Waals surface area contributed by atoms with Gasteiger partial charge in [-0.05, 0) is 24.3 Å². The quantitative estimate of drug-likeness (QED) is 0.757. The van der Waals surface area contributed by atoms with E-state index >= 15 is 0 Å². The van der Waals surface area contributed by atoms with Gasteiger partial charge < -0.3 is 9.64 Å². The van der Waals surface area contributed by atoms with Crippen molar-refractivity contribution in [3.05, 3.63) is 24.3 Å². The molecule has 7 nitrogen and oxygen atoms in total. The van der Waals surface area contributed by atoms with Gasteiger partial charge in [-0.2, -0.15) is 12.7 Å². The first kappa shape index (κ1) is 17.3. The van der Waals surface area contributed by atoms with Gasteiger partial charge in [0.15, 0.2) is 0 Å². The Hall–Kier alpha value is -1.80. The van der Waals surface area contributed by atoms with Crippen molar-refractivity contribution >= 4 is 27.6 Å². The van der Waals surface area contributed by atoms with Crippen LogP contribution >= 0.6 is 0 Å². The average molecular weight is 315 g/mol. The minimum atomic E-state index is -3.69. The third kappa shape index (κ3) is 5.24. The van der Waals surface area contributed by atoms with Crippen molar-refractivity contribution in [3.63, 3.8) is 0 Å². The van der Waals surface area contributed by atoms with Crippen molar-refractivity contribution in [2.75, 3.05) is 44.4 Å². The van der Waals surface area contributed by atoms with E-state index in [9.17, 15) is 13.2 Å². The maximum absolute atomic E-state index is 12.1. The van der Waals surface area contributed by atoms with Crippen LogP contribution in [0.3, 0.4) is 0 Å². The molecule has 0 atom stereocenters. The van der Waals surface area contributed by atoms with Gasteiger partial charge >= 0.3 is 16.2 Å². The highest BCUT2D eigenvalue weighted by Gasteiger charge is 2.18. The summed E-state index contributed by atoms with van der Waals surface area (Å²) in [5.41, 5.74) is 1.43. The molecule has 0 amide bonds. The molecule has 1 N–H and O–H groups in total. The monoisotopic (exact) mass is 315 g/mol. The summed E-state index contributed by atoms with van der Waals surface area (Å²) in [5.74, 6) is -0.451. The van der Waals surface area contributed by atoms with Crippen LogP contribution < -0.4 is 9.62 Å². The number of benzene rings is 1. The summed E-state index contributed by atoms with van der Waals surface area (Å²) in [7, 11) is 2.78. The molecule has 21 heavy (non-hydrogen) atoms. The van der Waals surface area contributed by atoms with Gasteiger partial charge in [-0.25, -0.2) is 0 Å². The first-order valence-corrected chi connectivity index (χ1v) is 7.78. The maximum Gasteiger partial charge on any atom is 0.306 e. The summed E-state index contributed by atoms with van der Waals surface area (Å²) in [6.45, 7) is 0.0534. The number of ether oxygens (including phenoxy) is 1. The highest BCUT2D eigenvalue weighted by Crippen LogP contribution is 2.17. The van der Waals surface area contributed by atoms with Gasteiger partial charge in [-0.1, -0.05) is 0 Å². The number of hydrogen-bond donors (Lipinski definition) is 1. The number of anilines is 2. The number of nitrogens with one attached hydrogen (secondary N) is 1. The van der Waals surface area contributed by atoms with Gasteiger partial charge in [-0.15, -0.1) is 0 Å². The van der Waals surface area contributed by atoms with Gasteiger partial charge in [-0.3, -0.25) is 9.52 Å². The molecule has 0 spiro atoms. The highest BCUT2D eigenvalue weighted by molar-refractivity contribution is 7.90. The van der Waals surface area contributed by atoms with Crippen LogP contribution in [0.4, 0.5) is 11.4 Å². The fourth-order valence-corrected chi connectivity index (χ4v) is 2.45. The van der Waals surface area contributed by atoms with Crippen molar-refractivity contribution < 1.29 is 17.9 Å². The minimum Gasteiger partial charge on any atom is -0.469 e. The molecule has 0 saturated heterocycles. The van der Waals surface area contributed by atoms with Crippen LogP contribution in [0.2, 0.25) is 0 Å². The highest BCUT2D eigenvalue weighted by atomic mass is 32.2. The van der Waals surface area contributed by atoms with Crippen LogP contribution in [0.15, 0.2) is 24.3 Å². The lowest BCUT2D eigenvalue weighted by molar-refractivity contribution is -0.140. The summed E-state index contributed by atoms with van der Waals surface area (Å²) < 4.78 is 32.2. The van der Waals surface area contributed by atoms with E-state index in [2.05, 4.69) is 9.46 Å². The number of esters is 1. The average Bonchev–Trinajstić information content (AvgIpc) is 2.44. The zero-order chi connectivity index (χ0) is 16.0. The van der Waals surface area contributed by atoms with Crippen molar-refractivity contribution in [1.82, 2.24) is 4.31 Å². The SMILES string of the molecule is COC(=O)CCN(C)S(=O)(=O)Nc1ccc(N(C)C)cc1. The lowest BCUT2D eigenvalue weighted by Crippen LogP contribution is -2.34. The molecule has 1 aromatic carbocycles. The molecule has 0 saturated carbocycles. The molecule has 0 heterocycles. The van der Waals surface area contributed by atoms with Gasteiger partial charge in [0.25, 0.3) is 0 Å². The summed E-state index contributed by atoms with van der Waals surface area (Å²) >= 11 is 0. The Balaban J connectivity index is 2.68. The van der Waals surface area contributed by atoms with E-state index in [4.69, 9.17) is 0 Å². The largest absolute Gasteiger partial charge is 0.469 e. The summed E-state index contributed by atoms with van der Waals surface area (Å²) in [5, 5.41) is 0. The van der Waals surface area contributed by atoms with E-state index < -0.39 is 16.2 Å². The second-order valence-corrected chi connectivity index (χ2v) is 6.47. The minimum absolute atomic E-state index is 0.00742. The molecule has 118 valence electrons. The normalized spacial score (nSPS) is 11.3. The lowest BCUT2D eigenvalue weighted by Gasteiger charge is -2.18. The van der Waals surface area contributed by atoms with E-state index in [1.165, 1.54) is 14.2 Å². The zero-order valence-corrected chi connectivity index (χ0v) is 13.5. The smallest absolute Gasteiger partial charge is 0.306 e. The molecule has 0 fully saturated rings. The first-order chi connectivity index (χ1) is 9.76. The van der Waals surface area contributed by atoms with Crippen LogP contribution in [0.5, 0.6) is 0 Å². The number of nitrogens with zero attached hydrogens (tertiary/aromatic N) is 2. The Kier molecular flexibility index (Phi) is 5.98. The topological polar surface area (TPSA) is 78.9 Å². The van der Waals surface area contributed by atoms with Crippen LogP contribution in [-0.2, 0) is 19.7 Å². The predicted octanol–water partition coefficient (Wildman–Crippen LogP) is 0.904. The van der Waals surface area contributed by atoms with Crippen LogP contribution in [0.25, 0.3) is 0 Å². The molecule has 0 unspecified atom stereocenters. The second-order valence-electron chi connectivity index (χ2n) is 4.70. The Morgan fingerprint density at radius 2 is 1.76 bits per heavy atom. The Morgan fingerprint density at radius 3 is 2.24 bits per heavy atom. The Labute approximate surface area is 125 Å². The number of rotatable bonds is 7. The molecule has 0 aliphatic rings. The number of hydrogen-bond acceptors (Lipinski definition) is 5. The van der Waals surface area contributed by atoms with Gasteiger partial charge in [0, 0.05) is 39.1 Å². The number of carbonyl (C=O) groups is 1. The molecule has 0 aromatic heterocycles.